The predicted molar refractivity (Wildman–Crippen MR) is 67.2 cm³/mol. The summed E-state index contributed by atoms with van der Waals surface area (Å²) in [5.74, 6) is 0.273. The van der Waals surface area contributed by atoms with E-state index >= 15 is 0 Å². The van der Waals surface area contributed by atoms with Crippen molar-refractivity contribution in [1.82, 2.24) is 5.32 Å². The first-order chi connectivity index (χ1) is 7.54. The van der Waals surface area contributed by atoms with Crippen LogP contribution in [0.25, 0.3) is 0 Å². The van der Waals surface area contributed by atoms with Crippen LogP contribution in [-0.2, 0) is 6.54 Å². The minimum absolute atomic E-state index is 0.179. The Kier molecular flexibility index (Phi) is 5.23. The molecule has 0 radical (unpaired) electrons. The first-order valence-electron chi connectivity index (χ1n) is 5.72. The maximum atomic E-state index is 13.2. The first kappa shape index (κ1) is 13.5. The summed E-state index contributed by atoms with van der Waals surface area (Å²) < 4.78 is 13.2. The van der Waals surface area contributed by atoms with Crippen LogP contribution in [0.5, 0.6) is 0 Å². The average Bonchev–Trinajstić information content (AvgIpc) is 2.29. The SMILES string of the molecule is CCC(C)C(C)NCc1ccc(Cl)c(F)c1. The van der Waals surface area contributed by atoms with E-state index in [9.17, 15) is 4.39 Å². The van der Waals surface area contributed by atoms with Crippen LogP contribution in [0.3, 0.4) is 0 Å². The lowest BCUT2D eigenvalue weighted by molar-refractivity contribution is 0.389. The molecule has 0 heterocycles. The third-order valence-electron chi connectivity index (χ3n) is 3.11. The molecule has 1 aromatic rings. The molecule has 0 bridgehead atoms. The minimum Gasteiger partial charge on any atom is -0.310 e. The molecule has 16 heavy (non-hydrogen) atoms. The minimum atomic E-state index is -0.350. The van der Waals surface area contributed by atoms with Gasteiger partial charge in [0.25, 0.3) is 0 Å². The number of halogens is 2. The van der Waals surface area contributed by atoms with Crippen molar-refractivity contribution in [2.24, 2.45) is 5.92 Å². The molecule has 2 unspecified atom stereocenters. The van der Waals surface area contributed by atoms with Crippen LogP contribution in [0, 0.1) is 11.7 Å². The van der Waals surface area contributed by atoms with Gasteiger partial charge in [0.15, 0.2) is 0 Å². The topological polar surface area (TPSA) is 12.0 Å². The number of nitrogens with one attached hydrogen (secondary N) is 1. The Morgan fingerprint density at radius 2 is 2.06 bits per heavy atom. The number of benzene rings is 1. The molecule has 0 saturated heterocycles. The maximum Gasteiger partial charge on any atom is 0.142 e. The van der Waals surface area contributed by atoms with Crippen LogP contribution in [-0.4, -0.2) is 6.04 Å². The lowest BCUT2D eigenvalue weighted by Crippen LogP contribution is -2.31. The summed E-state index contributed by atoms with van der Waals surface area (Å²) in [7, 11) is 0. The van der Waals surface area contributed by atoms with Crippen LogP contribution in [0.1, 0.15) is 32.8 Å². The third-order valence-corrected chi connectivity index (χ3v) is 3.42. The van der Waals surface area contributed by atoms with E-state index in [1.54, 1.807) is 6.07 Å². The summed E-state index contributed by atoms with van der Waals surface area (Å²) in [5, 5.41) is 3.57. The van der Waals surface area contributed by atoms with E-state index in [0.717, 1.165) is 12.0 Å². The summed E-state index contributed by atoms with van der Waals surface area (Å²) in [4.78, 5) is 0. The van der Waals surface area contributed by atoms with Crippen LogP contribution >= 0.6 is 11.6 Å². The van der Waals surface area contributed by atoms with E-state index in [1.165, 1.54) is 6.07 Å². The molecule has 2 atom stereocenters. The quantitative estimate of drug-likeness (QED) is 0.824. The molecule has 0 aromatic heterocycles. The fraction of sp³-hybridized carbons (Fsp3) is 0.538. The molecule has 0 amide bonds. The van der Waals surface area contributed by atoms with Gasteiger partial charge in [-0.25, -0.2) is 4.39 Å². The molecule has 1 aromatic carbocycles. The van der Waals surface area contributed by atoms with Gasteiger partial charge in [0.2, 0.25) is 0 Å². The zero-order chi connectivity index (χ0) is 12.1. The average molecular weight is 244 g/mol. The Morgan fingerprint density at radius 3 is 2.62 bits per heavy atom. The Labute approximate surface area is 102 Å². The summed E-state index contributed by atoms with van der Waals surface area (Å²) in [6, 6.07) is 5.37. The van der Waals surface area contributed by atoms with Gasteiger partial charge in [0.05, 0.1) is 5.02 Å². The number of hydrogen-bond acceptors (Lipinski definition) is 1. The van der Waals surface area contributed by atoms with E-state index in [0.29, 0.717) is 18.5 Å². The first-order valence-corrected chi connectivity index (χ1v) is 6.09. The second kappa shape index (κ2) is 6.21. The molecule has 0 fully saturated rings. The molecule has 0 aliphatic carbocycles. The zero-order valence-corrected chi connectivity index (χ0v) is 10.8. The fourth-order valence-corrected chi connectivity index (χ4v) is 1.60. The van der Waals surface area contributed by atoms with Crippen LogP contribution < -0.4 is 5.32 Å². The summed E-state index contributed by atoms with van der Waals surface area (Å²) in [6.07, 6.45) is 1.14. The maximum absolute atomic E-state index is 13.2. The monoisotopic (exact) mass is 243 g/mol. The highest BCUT2D eigenvalue weighted by atomic mass is 35.5. The summed E-state index contributed by atoms with van der Waals surface area (Å²) >= 11 is 5.62. The highest BCUT2D eigenvalue weighted by molar-refractivity contribution is 6.30. The van der Waals surface area contributed by atoms with Gasteiger partial charge < -0.3 is 5.32 Å². The highest BCUT2D eigenvalue weighted by Gasteiger charge is 2.09. The molecule has 1 N–H and O–H groups in total. The number of hydrogen-bond donors (Lipinski definition) is 1. The second-order valence-corrected chi connectivity index (χ2v) is 4.71. The Hall–Kier alpha value is -0.600. The van der Waals surface area contributed by atoms with E-state index in [1.807, 2.05) is 6.07 Å². The molecule has 1 rings (SSSR count). The van der Waals surface area contributed by atoms with Crippen LogP contribution in [0.15, 0.2) is 18.2 Å². The van der Waals surface area contributed by atoms with Crippen molar-refractivity contribution in [3.05, 3.63) is 34.6 Å². The van der Waals surface area contributed by atoms with Crippen LogP contribution in [0.4, 0.5) is 4.39 Å². The molecule has 0 spiro atoms. The van der Waals surface area contributed by atoms with Crippen molar-refractivity contribution in [2.75, 3.05) is 0 Å². The largest absolute Gasteiger partial charge is 0.310 e. The molecular formula is C13H19ClFN. The Morgan fingerprint density at radius 1 is 1.38 bits per heavy atom. The van der Waals surface area contributed by atoms with Crippen molar-refractivity contribution in [3.63, 3.8) is 0 Å². The molecule has 0 aliphatic rings. The summed E-state index contributed by atoms with van der Waals surface area (Å²) in [6.45, 7) is 7.21. The smallest absolute Gasteiger partial charge is 0.142 e. The van der Waals surface area contributed by atoms with Gasteiger partial charge in [-0.3, -0.25) is 0 Å². The van der Waals surface area contributed by atoms with Gasteiger partial charge in [0, 0.05) is 12.6 Å². The van der Waals surface area contributed by atoms with E-state index in [2.05, 4.69) is 26.1 Å². The molecule has 0 aliphatic heterocycles. The molecular weight excluding hydrogens is 225 g/mol. The van der Waals surface area contributed by atoms with Gasteiger partial charge in [-0.1, -0.05) is 37.9 Å². The van der Waals surface area contributed by atoms with Crippen molar-refractivity contribution in [3.8, 4) is 0 Å². The van der Waals surface area contributed by atoms with E-state index in [4.69, 9.17) is 11.6 Å². The molecule has 3 heteroatoms. The van der Waals surface area contributed by atoms with Crippen molar-refractivity contribution < 1.29 is 4.39 Å². The van der Waals surface area contributed by atoms with Gasteiger partial charge in [-0.05, 0) is 30.5 Å². The van der Waals surface area contributed by atoms with Gasteiger partial charge in [-0.2, -0.15) is 0 Å². The van der Waals surface area contributed by atoms with Gasteiger partial charge in [-0.15, -0.1) is 0 Å². The number of rotatable bonds is 5. The second-order valence-electron chi connectivity index (χ2n) is 4.30. The zero-order valence-electron chi connectivity index (χ0n) is 10.1. The van der Waals surface area contributed by atoms with E-state index < -0.39 is 0 Å². The fourth-order valence-electron chi connectivity index (χ4n) is 1.48. The summed E-state index contributed by atoms with van der Waals surface area (Å²) in [5.41, 5.74) is 0.928. The Bertz CT molecular complexity index is 341. The van der Waals surface area contributed by atoms with E-state index in [-0.39, 0.29) is 10.8 Å². The third kappa shape index (κ3) is 3.76. The van der Waals surface area contributed by atoms with Crippen LogP contribution in [0.2, 0.25) is 5.02 Å². The Balaban J connectivity index is 2.51. The molecule has 90 valence electrons. The lowest BCUT2D eigenvalue weighted by Gasteiger charge is -2.19. The van der Waals surface area contributed by atoms with Crippen molar-refractivity contribution >= 4 is 11.6 Å². The normalized spacial score (nSPS) is 14.8. The molecule has 1 nitrogen and oxygen atoms in total. The van der Waals surface area contributed by atoms with Gasteiger partial charge in [0.1, 0.15) is 5.82 Å². The van der Waals surface area contributed by atoms with Crippen molar-refractivity contribution in [2.45, 2.75) is 39.8 Å². The predicted octanol–water partition coefficient (Wildman–Crippen LogP) is 4.00. The lowest BCUT2D eigenvalue weighted by atomic mass is 10.0. The van der Waals surface area contributed by atoms with Gasteiger partial charge >= 0.3 is 0 Å². The van der Waals surface area contributed by atoms with Crippen molar-refractivity contribution in [1.29, 1.82) is 0 Å². The standard InChI is InChI=1S/C13H19ClFN/c1-4-9(2)10(3)16-8-11-5-6-12(14)13(15)7-11/h5-7,9-10,16H,4,8H2,1-3H3. The molecule has 0 saturated carbocycles. The highest BCUT2D eigenvalue weighted by Crippen LogP contribution is 2.16.